The van der Waals surface area contributed by atoms with Crippen molar-refractivity contribution >= 4 is 40.7 Å². The minimum Gasteiger partial charge on any atom is -0.484 e. The molecule has 3 rings (SSSR count). The van der Waals surface area contributed by atoms with Crippen LogP contribution in [0.3, 0.4) is 0 Å². The van der Waals surface area contributed by atoms with Gasteiger partial charge in [0.2, 0.25) is 5.82 Å². The normalized spacial score (nSPS) is 10.6. The molecule has 0 aliphatic carbocycles. The maximum absolute atomic E-state index is 12.7. The van der Waals surface area contributed by atoms with Gasteiger partial charge in [-0.25, -0.2) is 9.67 Å². The lowest BCUT2D eigenvalue weighted by atomic mass is 10.3. The SMILES string of the molecule is CCc1nc(C(=O)Nc2ccc(OCC(=O)N(C)C)cc2)nn1-c1c(Cl)cccc1Cl. The molecule has 31 heavy (non-hydrogen) atoms. The third-order valence-electron chi connectivity index (χ3n) is 4.32. The fourth-order valence-electron chi connectivity index (χ4n) is 2.64. The topological polar surface area (TPSA) is 89.3 Å². The van der Waals surface area contributed by atoms with Gasteiger partial charge in [-0.05, 0) is 36.4 Å². The van der Waals surface area contributed by atoms with Crippen LogP contribution < -0.4 is 10.1 Å². The van der Waals surface area contributed by atoms with Crippen LogP contribution in [0.2, 0.25) is 10.0 Å². The third kappa shape index (κ3) is 5.34. The van der Waals surface area contributed by atoms with Crippen LogP contribution >= 0.6 is 23.2 Å². The summed E-state index contributed by atoms with van der Waals surface area (Å²) in [6.07, 6.45) is 0.527. The minimum atomic E-state index is -0.479. The fourth-order valence-corrected chi connectivity index (χ4v) is 3.19. The van der Waals surface area contributed by atoms with E-state index in [0.717, 1.165) is 0 Å². The average Bonchev–Trinajstić information content (AvgIpc) is 3.17. The second-order valence-electron chi connectivity index (χ2n) is 6.74. The van der Waals surface area contributed by atoms with Crippen LogP contribution in [-0.2, 0) is 11.2 Å². The summed E-state index contributed by atoms with van der Waals surface area (Å²) in [6.45, 7) is 1.83. The van der Waals surface area contributed by atoms with Gasteiger partial charge in [-0.15, -0.1) is 5.10 Å². The van der Waals surface area contributed by atoms with E-state index in [4.69, 9.17) is 27.9 Å². The molecule has 0 aliphatic heterocycles. The van der Waals surface area contributed by atoms with Crippen molar-refractivity contribution in [1.29, 1.82) is 0 Å². The smallest absolute Gasteiger partial charge is 0.295 e. The van der Waals surface area contributed by atoms with E-state index in [0.29, 0.717) is 39.4 Å². The highest BCUT2D eigenvalue weighted by Crippen LogP contribution is 2.29. The number of hydrogen-bond donors (Lipinski definition) is 1. The van der Waals surface area contributed by atoms with Gasteiger partial charge in [0, 0.05) is 26.2 Å². The molecule has 0 radical (unpaired) electrons. The van der Waals surface area contributed by atoms with Crippen molar-refractivity contribution in [2.24, 2.45) is 0 Å². The second-order valence-corrected chi connectivity index (χ2v) is 7.56. The highest BCUT2D eigenvalue weighted by atomic mass is 35.5. The lowest BCUT2D eigenvalue weighted by molar-refractivity contribution is -0.130. The van der Waals surface area contributed by atoms with Crippen molar-refractivity contribution < 1.29 is 14.3 Å². The zero-order valence-electron chi connectivity index (χ0n) is 17.2. The summed E-state index contributed by atoms with van der Waals surface area (Å²) < 4.78 is 6.91. The Labute approximate surface area is 189 Å². The van der Waals surface area contributed by atoms with E-state index in [1.807, 2.05) is 6.92 Å². The molecule has 1 aromatic heterocycles. The van der Waals surface area contributed by atoms with Gasteiger partial charge in [0.1, 0.15) is 17.3 Å². The maximum atomic E-state index is 12.7. The molecule has 2 aromatic carbocycles. The molecule has 0 unspecified atom stereocenters. The van der Waals surface area contributed by atoms with Gasteiger partial charge in [-0.3, -0.25) is 9.59 Å². The van der Waals surface area contributed by atoms with Gasteiger partial charge in [0.25, 0.3) is 11.8 Å². The van der Waals surface area contributed by atoms with Gasteiger partial charge in [0.15, 0.2) is 6.61 Å². The quantitative estimate of drug-likeness (QED) is 0.576. The number of aryl methyl sites for hydroxylation is 1. The standard InChI is InChI=1S/C21H21Cl2N5O3/c1-4-17-25-20(26-28(17)19-15(22)6-5-7-16(19)23)21(30)24-13-8-10-14(11-9-13)31-12-18(29)27(2)3/h5-11H,4,12H2,1-3H3,(H,24,30). The molecule has 1 heterocycles. The van der Waals surface area contributed by atoms with Crippen molar-refractivity contribution in [2.75, 3.05) is 26.0 Å². The predicted molar refractivity (Wildman–Crippen MR) is 119 cm³/mol. The number of hydrogen-bond acceptors (Lipinski definition) is 5. The van der Waals surface area contributed by atoms with Crippen molar-refractivity contribution in [2.45, 2.75) is 13.3 Å². The first-order valence-corrected chi connectivity index (χ1v) is 10.2. The molecular weight excluding hydrogens is 441 g/mol. The van der Waals surface area contributed by atoms with E-state index in [9.17, 15) is 9.59 Å². The van der Waals surface area contributed by atoms with E-state index >= 15 is 0 Å². The molecule has 0 atom stereocenters. The number of nitrogens with one attached hydrogen (secondary N) is 1. The zero-order valence-corrected chi connectivity index (χ0v) is 18.7. The Bertz CT molecular complexity index is 1080. The lowest BCUT2D eigenvalue weighted by Gasteiger charge is -2.11. The summed E-state index contributed by atoms with van der Waals surface area (Å²) in [4.78, 5) is 30.0. The number of rotatable bonds is 7. The van der Waals surface area contributed by atoms with Crippen LogP contribution in [0.5, 0.6) is 5.75 Å². The number of carbonyl (C=O) groups excluding carboxylic acids is 2. The van der Waals surface area contributed by atoms with Crippen LogP contribution in [-0.4, -0.2) is 52.2 Å². The summed E-state index contributed by atoms with van der Waals surface area (Å²) >= 11 is 12.6. The lowest BCUT2D eigenvalue weighted by Crippen LogP contribution is -2.27. The summed E-state index contributed by atoms with van der Waals surface area (Å²) in [7, 11) is 3.31. The highest BCUT2D eigenvalue weighted by Gasteiger charge is 2.20. The van der Waals surface area contributed by atoms with E-state index in [1.165, 1.54) is 9.58 Å². The number of halogens is 2. The molecule has 0 fully saturated rings. The number of likely N-dealkylation sites (N-methyl/N-ethyl adjacent to an activating group) is 1. The second kappa shape index (κ2) is 9.80. The summed E-state index contributed by atoms with van der Waals surface area (Å²) in [5, 5.41) is 7.86. The van der Waals surface area contributed by atoms with Gasteiger partial charge in [-0.1, -0.05) is 36.2 Å². The van der Waals surface area contributed by atoms with Crippen molar-refractivity contribution in [1.82, 2.24) is 19.7 Å². The first-order valence-electron chi connectivity index (χ1n) is 9.44. The number of carbonyl (C=O) groups is 2. The number of ether oxygens (including phenoxy) is 1. The molecule has 8 nitrogen and oxygen atoms in total. The molecule has 1 N–H and O–H groups in total. The van der Waals surface area contributed by atoms with Gasteiger partial charge in [0.05, 0.1) is 10.0 Å². The van der Waals surface area contributed by atoms with Gasteiger partial charge < -0.3 is 15.0 Å². The van der Waals surface area contributed by atoms with Gasteiger partial charge >= 0.3 is 0 Å². The van der Waals surface area contributed by atoms with Crippen molar-refractivity contribution in [3.05, 3.63) is 64.2 Å². The van der Waals surface area contributed by atoms with Crippen LogP contribution in [0, 0.1) is 0 Å². The van der Waals surface area contributed by atoms with Crippen LogP contribution in [0.4, 0.5) is 5.69 Å². The third-order valence-corrected chi connectivity index (χ3v) is 4.93. The van der Waals surface area contributed by atoms with Crippen molar-refractivity contribution in [3.8, 4) is 11.4 Å². The van der Waals surface area contributed by atoms with E-state index < -0.39 is 5.91 Å². The predicted octanol–water partition coefficient (Wildman–Crippen LogP) is 3.86. The summed E-state index contributed by atoms with van der Waals surface area (Å²) in [6, 6.07) is 11.8. The van der Waals surface area contributed by atoms with Crippen molar-refractivity contribution in [3.63, 3.8) is 0 Å². The average molecular weight is 462 g/mol. The van der Waals surface area contributed by atoms with Crippen LogP contribution in [0.1, 0.15) is 23.4 Å². The Morgan fingerprint density at radius 2 is 1.74 bits per heavy atom. The Morgan fingerprint density at radius 1 is 1.10 bits per heavy atom. The first kappa shape index (κ1) is 22.6. The molecule has 3 aromatic rings. The van der Waals surface area contributed by atoms with E-state index in [1.54, 1.807) is 56.6 Å². The molecule has 2 amide bonds. The minimum absolute atomic E-state index is 0.00950. The molecule has 0 saturated carbocycles. The zero-order chi connectivity index (χ0) is 22.5. The molecule has 0 spiro atoms. The Balaban J connectivity index is 1.74. The van der Waals surface area contributed by atoms with Gasteiger partial charge in [-0.2, -0.15) is 0 Å². The molecule has 0 saturated heterocycles. The molecular formula is C21H21Cl2N5O3. The number of nitrogens with zero attached hydrogens (tertiary/aromatic N) is 4. The van der Waals surface area contributed by atoms with Crippen LogP contribution in [0.15, 0.2) is 42.5 Å². The van der Waals surface area contributed by atoms with E-state index in [-0.39, 0.29) is 18.3 Å². The summed E-state index contributed by atoms with van der Waals surface area (Å²) in [5.41, 5.74) is 1.00. The highest BCUT2D eigenvalue weighted by molar-refractivity contribution is 6.37. The first-order chi connectivity index (χ1) is 14.8. The van der Waals surface area contributed by atoms with Crippen LogP contribution in [0.25, 0.3) is 5.69 Å². The molecule has 0 aliphatic rings. The number of benzene rings is 2. The maximum Gasteiger partial charge on any atom is 0.295 e. The molecule has 162 valence electrons. The Hall–Kier alpha value is -3.10. The Kier molecular flexibility index (Phi) is 7.14. The van der Waals surface area contributed by atoms with E-state index in [2.05, 4.69) is 15.4 Å². The largest absolute Gasteiger partial charge is 0.484 e. The Morgan fingerprint density at radius 3 is 2.32 bits per heavy atom. The number of aromatic nitrogens is 3. The number of amides is 2. The number of para-hydroxylation sites is 1. The molecule has 10 heteroatoms. The monoisotopic (exact) mass is 461 g/mol. The fraction of sp³-hybridized carbons (Fsp3) is 0.238. The molecule has 0 bridgehead atoms. The summed E-state index contributed by atoms with van der Waals surface area (Å²) in [5.74, 6) is 0.425. The number of anilines is 1.